The molecule has 5 nitrogen and oxygen atoms in total. The lowest BCUT2D eigenvalue weighted by Crippen LogP contribution is -2.35. The van der Waals surface area contributed by atoms with Crippen molar-refractivity contribution >= 4 is 5.97 Å². The number of carbonyl (C=O) groups excluding carboxylic acids is 1. The third kappa shape index (κ3) is 1.57. The lowest BCUT2D eigenvalue weighted by atomic mass is 9.90. The number of aliphatic hydroxyl groups is 1. The third-order valence-electron chi connectivity index (χ3n) is 3.18. The Balaban J connectivity index is 2.33. The molecule has 1 N–H and O–H groups in total. The lowest BCUT2D eigenvalue weighted by molar-refractivity contribution is -0.152. The van der Waals surface area contributed by atoms with Crippen LogP contribution < -0.4 is 0 Å². The summed E-state index contributed by atoms with van der Waals surface area (Å²) < 4.78 is 4.57. The number of esters is 1. The normalized spacial score (nSPS) is 18.9. The summed E-state index contributed by atoms with van der Waals surface area (Å²) in [6.45, 7) is 1.85. The van der Waals surface area contributed by atoms with Gasteiger partial charge in [0.15, 0.2) is 6.10 Å². The highest BCUT2D eigenvalue weighted by Crippen LogP contribution is 2.51. The number of ether oxygens (including phenoxy) is 1. The average Bonchev–Trinajstić information content (AvgIpc) is 3.09. The largest absolute Gasteiger partial charge is 0.467 e. The summed E-state index contributed by atoms with van der Waals surface area (Å²) in [6.07, 6.45) is 3.53. The van der Waals surface area contributed by atoms with Crippen LogP contribution in [-0.4, -0.2) is 34.3 Å². The van der Waals surface area contributed by atoms with Crippen LogP contribution in [0.1, 0.15) is 24.1 Å². The highest BCUT2D eigenvalue weighted by Gasteiger charge is 2.55. The molecule has 1 aromatic heterocycles. The number of methoxy groups -OCH3 is 1. The number of aromatic nitrogens is 2. The SMILES string of the molecule is COC(=O)C(O)C1(c2cncnc2C)CC1. The maximum atomic E-state index is 11.4. The van der Waals surface area contributed by atoms with Gasteiger partial charge in [0.25, 0.3) is 0 Å². The maximum absolute atomic E-state index is 11.4. The molecule has 1 aliphatic carbocycles. The van der Waals surface area contributed by atoms with Gasteiger partial charge in [-0.3, -0.25) is 0 Å². The molecular formula is C11H14N2O3. The zero-order valence-electron chi connectivity index (χ0n) is 9.30. The minimum absolute atomic E-state index is 0.529. The number of rotatable bonds is 3. The minimum atomic E-state index is -1.12. The molecule has 2 rings (SSSR count). The van der Waals surface area contributed by atoms with Gasteiger partial charge in [-0.15, -0.1) is 0 Å². The Morgan fingerprint density at radius 1 is 1.62 bits per heavy atom. The molecule has 1 atom stereocenters. The summed E-state index contributed by atoms with van der Waals surface area (Å²) in [5, 5.41) is 9.96. The van der Waals surface area contributed by atoms with E-state index in [0.29, 0.717) is 0 Å². The van der Waals surface area contributed by atoms with Crippen LogP contribution in [-0.2, 0) is 14.9 Å². The first-order chi connectivity index (χ1) is 7.62. The van der Waals surface area contributed by atoms with Gasteiger partial charge in [0.1, 0.15) is 6.33 Å². The first-order valence-corrected chi connectivity index (χ1v) is 5.15. The van der Waals surface area contributed by atoms with E-state index in [1.165, 1.54) is 13.4 Å². The molecule has 5 heteroatoms. The lowest BCUT2D eigenvalue weighted by Gasteiger charge is -2.21. The summed E-state index contributed by atoms with van der Waals surface area (Å²) in [4.78, 5) is 19.4. The quantitative estimate of drug-likeness (QED) is 0.747. The molecule has 1 heterocycles. The molecule has 1 aromatic rings. The first kappa shape index (κ1) is 11.0. The van der Waals surface area contributed by atoms with Crippen molar-refractivity contribution < 1.29 is 14.6 Å². The Hall–Kier alpha value is -1.49. The Labute approximate surface area is 93.5 Å². The molecule has 1 fully saturated rings. The van der Waals surface area contributed by atoms with E-state index in [0.717, 1.165) is 24.1 Å². The Kier molecular flexibility index (Phi) is 2.63. The second kappa shape index (κ2) is 3.83. The number of aryl methyl sites for hydroxylation is 1. The van der Waals surface area contributed by atoms with Crippen molar-refractivity contribution in [2.24, 2.45) is 0 Å². The highest BCUT2D eigenvalue weighted by molar-refractivity contribution is 5.77. The van der Waals surface area contributed by atoms with E-state index in [9.17, 15) is 9.90 Å². The second-order valence-corrected chi connectivity index (χ2v) is 4.10. The minimum Gasteiger partial charge on any atom is -0.467 e. The van der Waals surface area contributed by atoms with Crippen molar-refractivity contribution in [1.29, 1.82) is 0 Å². The van der Waals surface area contributed by atoms with Crippen molar-refractivity contribution in [3.63, 3.8) is 0 Å². The number of nitrogens with zero attached hydrogens (tertiary/aromatic N) is 2. The van der Waals surface area contributed by atoms with Gasteiger partial charge in [-0.05, 0) is 19.8 Å². The maximum Gasteiger partial charge on any atom is 0.335 e. The fraction of sp³-hybridized carbons (Fsp3) is 0.545. The van der Waals surface area contributed by atoms with Crippen LogP contribution in [0.2, 0.25) is 0 Å². The average molecular weight is 222 g/mol. The monoisotopic (exact) mass is 222 g/mol. The first-order valence-electron chi connectivity index (χ1n) is 5.15. The predicted octanol–water partition coefficient (Wildman–Crippen LogP) is 0.351. The molecule has 1 unspecified atom stereocenters. The Bertz CT molecular complexity index is 415. The van der Waals surface area contributed by atoms with Gasteiger partial charge in [-0.1, -0.05) is 0 Å². The fourth-order valence-corrected chi connectivity index (χ4v) is 2.04. The van der Waals surface area contributed by atoms with Crippen LogP contribution in [0.15, 0.2) is 12.5 Å². The topological polar surface area (TPSA) is 72.3 Å². The molecule has 86 valence electrons. The van der Waals surface area contributed by atoms with Gasteiger partial charge in [-0.2, -0.15) is 0 Å². The van der Waals surface area contributed by atoms with Gasteiger partial charge in [-0.25, -0.2) is 14.8 Å². The van der Waals surface area contributed by atoms with Crippen LogP contribution in [0.25, 0.3) is 0 Å². The molecule has 0 aliphatic heterocycles. The van der Waals surface area contributed by atoms with Gasteiger partial charge in [0.05, 0.1) is 7.11 Å². The number of carbonyl (C=O) groups is 1. The van der Waals surface area contributed by atoms with E-state index >= 15 is 0 Å². The van der Waals surface area contributed by atoms with E-state index in [-0.39, 0.29) is 0 Å². The van der Waals surface area contributed by atoms with Gasteiger partial charge >= 0.3 is 5.97 Å². The molecule has 1 aliphatic rings. The molecule has 0 aromatic carbocycles. The van der Waals surface area contributed by atoms with Crippen LogP contribution in [0.3, 0.4) is 0 Å². The summed E-state index contributed by atoms with van der Waals surface area (Å²) in [6, 6.07) is 0. The second-order valence-electron chi connectivity index (χ2n) is 4.10. The highest BCUT2D eigenvalue weighted by atomic mass is 16.5. The van der Waals surface area contributed by atoms with E-state index in [4.69, 9.17) is 0 Å². The summed E-state index contributed by atoms with van der Waals surface area (Å²) >= 11 is 0. The van der Waals surface area contributed by atoms with E-state index < -0.39 is 17.5 Å². The Morgan fingerprint density at radius 2 is 2.31 bits per heavy atom. The standard InChI is InChI=1S/C11H14N2O3/c1-7-8(5-12-6-13-7)11(3-4-11)9(14)10(15)16-2/h5-6,9,14H,3-4H2,1-2H3. The molecule has 16 heavy (non-hydrogen) atoms. The molecule has 0 radical (unpaired) electrons. The van der Waals surface area contributed by atoms with Gasteiger partial charge in [0, 0.05) is 22.9 Å². The van der Waals surface area contributed by atoms with Crippen molar-refractivity contribution in [2.75, 3.05) is 7.11 Å². The van der Waals surface area contributed by atoms with Crippen molar-refractivity contribution in [1.82, 2.24) is 9.97 Å². The smallest absolute Gasteiger partial charge is 0.335 e. The number of hydrogen-bond donors (Lipinski definition) is 1. The van der Waals surface area contributed by atoms with E-state index in [2.05, 4.69) is 14.7 Å². The zero-order chi connectivity index (χ0) is 11.8. The summed E-state index contributed by atoms with van der Waals surface area (Å²) in [5.74, 6) is -0.597. The fourth-order valence-electron chi connectivity index (χ4n) is 2.04. The molecule has 0 amide bonds. The number of aliphatic hydroxyl groups excluding tert-OH is 1. The summed E-state index contributed by atoms with van der Waals surface area (Å²) in [5.41, 5.74) is 1.11. The predicted molar refractivity (Wildman–Crippen MR) is 55.7 cm³/mol. The van der Waals surface area contributed by atoms with Crippen LogP contribution >= 0.6 is 0 Å². The van der Waals surface area contributed by atoms with Crippen molar-refractivity contribution in [3.8, 4) is 0 Å². The molecule has 0 saturated heterocycles. The number of hydrogen-bond acceptors (Lipinski definition) is 5. The third-order valence-corrected chi connectivity index (χ3v) is 3.18. The van der Waals surface area contributed by atoms with Crippen LogP contribution in [0.5, 0.6) is 0 Å². The van der Waals surface area contributed by atoms with Gasteiger partial charge in [0.2, 0.25) is 0 Å². The van der Waals surface area contributed by atoms with Crippen LogP contribution in [0, 0.1) is 6.92 Å². The molecular weight excluding hydrogens is 208 g/mol. The Morgan fingerprint density at radius 3 is 2.81 bits per heavy atom. The molecule has 0 bridgehead atoms. The van der Waals surface area contributed by atoms with Crippen molar-refractivity contribution in [2.45, 2.75) is 31.3 Å². The molecule has 1 saturated carbocycles. The molecule has 0 spiro atoms. The zero-order valence-corrected chi connectivity index (χ0v) is 9.30. The van der Waals surface area contributed by atoms with Crippen LogP contribution in [0.4, 0.5) is 0 Å². The van der Waals surface area contributed by atoms with Crippen molar-refractivity contribution in [3.05, 3.63) is 23.8 Å². The van der Waals surface area contributed by atoms with E-state index in [1.54, 1.807) is 6.20 Å². The van der Waals surface area contributed by atoms with E-state index in [1.807, 2.05) is 6.92 Å². The summed E-state index contributed by atoms with van der Waals surface area (Å²) in [7, 11) is 1.27. The van der Waals surface area contributed by atoms with Gasteiger partial charge < -0.3 is 9.84 Å².